The molecule has 1 N–H and O–H groups in total. The maximum atomic E-state index is 12.5. The monoisotopic (exact) mass is 354 g/mol. The van der Waals surface area contributed by atoms with E-state index in [1.807, 2.05) is 0 Å². The summed E-state index contributed by atoms with van der Waals surface area (Å²) in [5.74, 6) is -0.476. The van der Waals surface area contributed by atoms with Gasteiger partial charge < -0.3 is 10.1 Å². The van der Waals surface area contributed by atoms with Crippen LogP contribution >= 0.6 is 0 Å². The second-order valence-corrected chi connectivity index (χ2v) is 5.08. The quantitative estimate of drug-likeness (QED) is 0.649. The van der Waals surface area contributed by atoms with E-state index in [2.05, 4.69) is 5.32 Å². The molecule has 6 nitrogen and oxygen atoms in total. The van der Waals surface area contributed by atoms with Crippen LogP contribution in [0.15, 0.2) is 48.5 Å². The molecule has 0 spiro atoms. The van der Waals surface area contributed by atoms with Gasteiger partial charge in [-0.2, -0.15) is 13.2 Å². The summed E-state index contributed by atoms with van der Waals surface area (Å²) in [6, 6.07) is 9.26. The highest BCUT2D eigenvalue weighted by molar-refractivity contribution is 5.94. The highest BCUT2D eigenvalue weighted by Gasteiger charge is 2.30. The molecule has 0 aromatic heterocycles. The number of nitrogens with zero attached hydrogens (tertiary/aromatic N) is 1. The number of hydrogen-bond donors (Lipinski definition) is 1. The van der Waals surface area contributed by atoms with E-state index in [4.69, 9.17) is 4.74 Å². The number of nitro groups is 1. The molecule has 0 bridgehead atoms. The van der Waals surface area contributed by atoms with Gasteiger partial charge in [0, 0.05) is 11.8 Å². The van der Waals surface area contributed by atoms with Crippen LogP contribution in [0.2, 0.25) is 0 Å². The number of non-ortho nitro benzene ring substituents is 1. The van der Waals surface area contributed by atoms with Gasteiger partial charge in [0.05, 0.1) is 16.6 Å². The third-order valence-corrected chi connectivity index (χ3v) is 3.19. The number of amides is 1. The summed E-state index contributed by atoms with van der Waals surface area (Å²) in [6.45, 7) is 1.41. The molecule has 0 saturated carbocycles. The lowest BCUT2D eigenvalue weighted by Crippen LogP contribution is -2.30. The van der Waals surface area contributed by atoms with Crippen LogP contribution in [0, 0.1) is 10.1 Å². The van der Waals surface area contributed by atoms with Gasteiger partial charge in [-0.1, -0.05) is 6.07 Å². The van der Waals surface area contributed by atoms with Crippen molar-refractivity contribution in [1.82, 2.24) is 0 Å². The molecule has 9 heteroatoms. The van der Waals surface area contributed by atoms with Gasteiger partial charge in [0.2, 0.25) is 0 Å². The summed E-state index contributed by atoms with van der Waals surface area (Å²) in [5, 5.41) is 13.1. The summed E-state index contributed by atoms with van der Waals surface area (Å²) >= 11 is 0. The topological polar surface area (TPSA) is 81.5 Å². The highest BCUT2D eigenvalue weighted by Crippen LogP contribution is 2.29. The van der Waals surface area contributed by atoms with Gasteiger partial charge in [-0.05, 0) is 37.3 Å². The van der Waals surface area contributed by atoms with Gasteiger partial charge >= 0.3 is 6.18 Å². The first-order valence-corrected chi connectivity index (χ1v) is 7.06. The third kappa shape index (κ3) is 4.93. The molecule has 0 unspecified atom stereocenters. The number of carbonyl (C=O) groups excluding carboxylic acids is 1. The SMILES string of the molecule is C[C@@H](Oc1cccc([N+](=O)[O-])c1)C(=O)Nc1ccc(C(F)(F)F)cc1. The average molecular weight is 354 g/mol. The Morgan fingerprint density at radius 3 is 2.40 bits per heavy atom. The highest BCUT2D eigenvalue weighted by atomic mass is 19.4. The van der Waals surface area contributed by atoms with Crippen LogP contribution in [-0.4, -0.2) is 16.9 Å². The average Bonchev–Trinajstić information content (AvgIpc) is 2.54. The summed E-state index contributed by atoms with van der Waals surface area (Å²) in [5.41, 5.74) is -0.841. The second kappa shape index (κ2) is 7.20. The van der Waals surface area contributed by atoms with E-state index < -0.39 is 28.7 Å². The molecular weight excluding hydrogens is 341 g/mol. The molecule has 0 aliphatic heterocycles. The molecule has 0 aliphatic rings. The minimum absolute atomic E-state index is 0.129. The van der Waals surface area contributed by atoms with Gasteiger partial charge in [0.1, 0.15) is 5.75 Å². The number of rotatable bonds is 5. The maximum absolute atomic E-state index is 12.5. The number of carbonyl (C=O) groups is 1. The van der Waals surface area contributed by atoms with E-state index in [0.717, 1.165) is 24.3 Å². The van der Waals surface area contributed by atoms with Crippen LogP contribution in [0.1, 0.15) is 12.5 Å². The molecule has 2 rings (SSSR count). The van der Waals surface area contributed by atoms with Crippen molar-refractivity contribution >= 4 is 17.3 Å². The van der Waals surface area contributed by atoms with Crippen molar-refractivity contribution in [2.75, 3.05) is 5.32 Å². The molecular formula is C16H13F3N2O4. The van der Waals surface area contributed by atoms with Crippen LogP contribution in [0.3, 0.4) is 0 Å². The van der Waals surface area contributed by atoms with Crippen LogP contribution in [0.5, 0.6) is 5.75 Å². The minimum Gasteiger partial charge on any atom is -0.481 e. The van der Waals surface area contributed by atoms with Crippen LogP contribution in [0.4, 0.5) is 24.5 Å². The lowest BCUT2D eigenvalue weighted by molar-refractivity contribution is -0.384. The van der Waals surface area contributed by atoms with Crippen LogP contribution in [0.25, 0.3) is 0 Å². The first-order valence-electron chi connectivity index (χ1n) is 7.06. The number of nitrogens with one attached hydrogen (secondary N) is 1. The fraction of sp³-hybridized carbons (Fsp3) is 0.188. The number of halogens is 3. The number of anilines is 1. The van der Waals surface area contributed by atoms with Gasteiger partial charge in [0.25, 0.3) is 11.6 Å². The zero-order valence-corrected chi connectivity index (χ0v) is 12.9. The van der Waals surface area contributed by atoms with Gasteiger partial charge in [-0.25, -0.2) is 0 Å². The number of benzene rings is 2. The standard InChI is InChI=1S/C16H13F3N2O4/c1-10(25-14-4-2-3-13(9-14)21(23)24)15(22)20-12-7-5-11(6-8-12)16(17,18)19/h2-10H,1H3,(H,20,22)/t10-/m1/s1. The summed E-state index contributed by atoms with van der Waals surface area (Å²) in [7, 11) is 0. The largest absolute Gasteiger partial charge is 0.481 e. The lowest BCUT2D eigenvalue weighted by Gasteiger charge is -2.15. The zero-order chi connectivity index (χ0) is 18.6. The predicted molar refractivity (Wildman–Crippen MR) is 83.3 cm³/mol. The van der Waals surface area contributed by atoms with E-state index in [9.17, 15) is 28.1 Å². The predicted octanol–water partition coefficient (Wildman–Crippen LogP) is 4.02. The molecule has 1 amide bonds. The fourth-order valence-electron chi connectivity index (χ4n) is 1.91. The zero-order valence-electron chi connectivity index (χ0n) is 12.9. The van der Waals surface area contributed by atoms with Crippen molar-refractivity contribution in [2.24, 2.45) is 0 Å². The molecule has 0 saturated heterocycles. The Hall–Kier alpha value is -3.10. The fourth-order valence-corrected chi connectivity index (χ4v) is 1.91. The second-order valence-electron chi connectivity index (χ2n) is 5.08. The Bertz CT molecular complexity index is 776. The molecule has 25 heavy (non-hydrogen) atoms. The van der Waals surface area contributed by atoms with E-state index in [1.165, 1.54) is 31.2 Å². The van der Waals surface area contributed by atoms with E-state index in [1.54, 1.807) is 0 Å². The molecule has 2 aromatic rings. The Morgan fingerprint density at radius 1 is 1.20 bits per heavy atom. The third-order valence-electron chi connectivity index (χ3n) is 3.19. The van der Waals surface area contributed by atoms with Crippen molar-refractivity contribution in [1.29, 1.82) is 0 Å². The Balaban J connectivity index is 2.00. The summed E-state index contributed by atoms with van der Waals surface area (Å²) in [4.78, 5) is 22.1. The smallest absolute Gasteiger partial charge is 0.416 e. The van der Waals surface area contributed by atoms with Crippen molar-refractivity contribution in [3.05, 3.63) is 64.2 Å². The van der Waals surface area contributed by atoms with Crippen LogP contribution < -0.4 is 10.1 Å². The number of hydrogen-bond acceptors (Lipinski definition) is 4. The normalized spacial score (nSPS) is 12.3. The van der Waals surface area contributed by atoms with Crippen molar-refractivity contribution in [3.8, 4) is 5.75 Å². The van der Waals surface area contributed by atoms with Gasteiger partial charge in [-0.3, -0.25) is 14.9 Å². The summed E-state index contributed by atoms with van der Waals surface area (Å²) < 4.78 is 42.8. The van der Waals surface area contributed by atoms with E-state index in [-0.39, 0.29) is 17.1 Å². The Kier molecular flexibility index (Phi) is 5.26. The molecule has 1 atom stereocenters. The summed E-state index contributed by atoms with van der Waals surface area (Å²) in [6.07, 6.45) is -5.47. The molecule has 0 radical (unpaired) electrons. The maximum Gasteiger partial charge on any atom is 0.416 e. The molecule has 132 valence electrons. The van der Waals surface area contributed by atoms with Crippen molar-refractivity contribution in [2.45, 2.75) is 19.2 Å². The van der Waals surface area contributed by atoms with Crippen molar-refractivity contribution < 1.29 is 27.6 Å². The minimum atomic E-state index is -4.46. The van der Waals surface area contributed by atoms with Gasteiger partial charge in [-0.15, -0.1) is 0 Å². The number of nitro benzene ring substituents is 1. The molecule has 0 aliphatic carbocycles. The van der Waals surface area contributed by atoms with Gasteiger partial charge in [0.15, 0.2) is 6.10 Å². The molecule has 0 fully saturated rings. The lowest BCUT2D eigenvalue weighted by atomic mass is 10.2. The van der Waals surface area contributed by atoms with E-state index >= 15 is 0 Å². The first kappa shape index (κ1) is 18.2. The number of ether oxygens (including phenoxy) is 1. The Labute approximate surface area is 140 Å². The van der Waals surface area contributed by atoms with Crippen molar-refractivity contribution in [3.63, 3.8) is 0 Å². The number of alkyl halides is 3. The van der Waals surface area contributed by atoms with Crippen LogP contribution in [-0.2, 0) is 11.0 Å². The van der Waals surface area contributed by atoms with E-state index in [0.29, 0.717) is 0 Å². The molecule has 0 heterocycles. The molecule has 2 aromatic carbocycles. The first-order chi connectivity index (χ1) is 11.7. The Morgan fingerprint density at radius 2 is 1.84 bits per heavy atom.